The Balaban J connectivity index is 0.000000360. The molecule has 0 aliphatic heterocycles. The van der Waals surface area contributed by atoms with Crippen molar-refractivity contribution >= 4 is 5.97 Å². The number of aliphatic carboxylic acids is 1. The normalized spacial score (nSPS) is 15.6. The summed E-state index contributed by atoms with van der Waals surface area (Å²) in [6, 6.07) is 10.1. The number of benzene rings is 1. The van der Waals surface area contributed by atoms with E-state index in [1.807, 2.05) is 55.2 Å². The Kier molecular flexibility index (Phi) is 6.87. The van der Waals surface area contributed by atoms with Gasteiger partial charge in [-0.15, -0.1) is 0 Å². The zero-order valence-corrected chi connectivity index (χ0v) is 17.6. The third-order valence-corrected chi connectivity index (χ3v) is 5.50. The van der Waals surface area contributed by atoms with Crippen molar-refractivity contribution in [2.75, 3.05) is 0 Å². The van der Waals surface area contributed by atoms with Gasteiger partial charge in [-0.3, -0.25) is 14.6 Å². The van der Waals surface area contributed by atoms with E-state index >= 15 is 0 Å². The number of aromatic nitrogens is 4. The molecule has 0 radical (unpaired) electrons. The van der Waals surface area contributed by atoms with Crippen molar-refractivity contribution in [3.8, 4) is 5.69 Å². The van der Waals surface area contributed by atoms with Gasteiger partial charge in [0.05, 0.1) is 17.4 Å². The number of halogens is 3. The van der Waals surface area contributed by atoms with Crippen molar-refractivity contribution in [2.45, 2.75) is 44.9 Å². The number of aromatic amines is 1. The lowest BCUT2D eigenvalue weighted by Gasteiger charge is -2.22. The number of rotatable bonds is 4. The van der Waals surface area contributed by atoms with E-state index < -0.39 is 12.1 Å². The summed E-state index contributed by atoms with van der Waals surface area (Å²) in [4.78, 5) is 21.8. The predicted octanol–water partition coefficient (Wildman–Crippen LogP) is 2.49. The first-order valence-electron chi connectivity index (χ1n) is 9.97. The third-order valence-electron chi connectivity index (χ3n) is 5.50. The van der Waals surface area contributed by atoms with Crippen LogP contribution in [0.5, 0.6) is 0 Å². The van der Waals surface area contributed by atoms with E-state index in [0.717, 1.165) is 36.2 Å². The Morgan fingerprint density at radius 2 is 1.97 bits per heavy atom. The quantitative estimate of drug-likeness (QED) is 0.565. The summed E-state index contributed by atoms with van der Waals surface area (Å²) in [5.74, 6) is -2.76. The van der Waals surface area contributed by atoms with E-state index in [-0.39, 0.29) is 5.56 Å². The molecule has 8 nitrogen and oxygen atoms in total. The average molecular weight is 451 g/mol. The van der Waals surface area contributed by atoms with Crippen LogP contribution >= 0.6 is 0 Å². The van der Waals surface area contributed by atoms with Crippen LogP contribution in [0.1, 0.15) is 28.9 Å². The first-order valence-corrected chi connectivity index (χ1v) is 9.97. The van der Waals surface area contributed by atoms with Gasteiger partial charge in [0.2, 0.25) is 0 Å². The lowest BCUT2D eigenvalue weighted by Crippen LogP contribution is -2.35. The van der Waals surface area contributed by atoms with Crippen LogP contribution < -0.4 is 10.9 Å². The number of H-pyrrole nitrogens is 1. The van der Waals surface area contributed by atoms with Gasteiger partial charge in [-0.25, -0.2) is 9.48 Å². The monoisotopic (exact) mass is 451 g/mol. The predicted molar refractivity (Wildman–Crippen MR) is 111 cm³/mol. The van der Waals surface area contributed by atoms with Crippen molar-refractivity contribution in [3.63, 3.8) is 0 Å². The van der Waals surface area contributed by atoms with Crippen LogP contribution in [0, 0.1) is 6.92 Å². The van der Waals surface area contributed by atoms with Crippen LogP contribution in [0.4, 0.5) is 13.2 Å². The highest BCUT2D eigenvalue weighted by Gasteiger charge is 2.38. The summed E-state index contributed by atoms with van der Waals surface area (Å²) in [7, 11) is 1.94. The van der Waals surface area contributed by atoms with E-state index in [1.165, 1.54) is 11.3 Å². The number of nitrogens with zero attached hydrogens (tertiary/aromatic N) is 3. The Bertz CT molecular complexity index is 1130. The van der Waals surface area contributed by atoms with E-state index in [1.54, 1.807) is 4.68 Å². The Morgan fingerprint density at radius 3 is 2.59 bits per heavy atom. The van der Waals surface area contributed by atoms with Gasteiger partial charge in [-0.05, 0) is 37.5 Å². The molecule has 0 spiro atoms. The molecule has 3 aromatic rings. The Morgan fingerprint density at radius 1 is 1.31 bits per heavy atom. The summed E-state index contributed by atoms with van der Waals surface area (Å²) < 4.78 is 35.4. The summed E-state index contributed by atoms with van der Waals surface area (Å²) in [6.07, 6.45) is -0.115. The number of nitrogens with one attached hydrogen (secondary N) is 2. The minimum Gasteiger partial charge on any atom is -0.475 e. The van der Waals surface area contributed by atoms with Gasteiger partial charge in [0.25, 0.3) is 5.56 Å². The molecular weight excluding hydrogens is 427 g/mol. The molecule has 1 aliphatic carbocycles. The van der Waals surface area contributed by atoms with Crippen molar-refractivity contribution in [2.24, 2.45) is 7.05 Å². The SMILES string of the molecule is Cc1c(CNC2CCc3cn[nH]c3C2)c(=O)n(-c2ccccc2)n1C.O=C(O)C(F)(F)F. The van der Waals surface area contributed by atoms with E-state index in [0.29, 0.717) is 12.6 Å². The molecule has 1 atom stereocenters. The smallest absolute Gasteiger partial charge is 0.475 e. The fourth-order valence-electron chi connectivity index (χ4n) is 3.66. The molecular formula is C21H24F3N5O3. The maximum absolute atomic E-state index is 12.9. The van der Waals surface area contributed by atoms with Crippen LogP contribution in [0.15, 0.2) is 41.3 Å². The molecule has 1 aliphatic rings. The highest BCUT2D eigenvalue weighted by Crippen LogP contribution is 2.19. The number of carbonyl (C=O) groups is 1. The average Bonchev–Trinajstić information content (AvgIpc) is 3.29. The molecule has 4 rings (SSSR count). The summed E-state index contributed by atoms with van der Waals surface area (Å²) in [6.45, 7) is 2.60. The standard InChI is InChI=1S/C19H23N5O.C2HF3O2/c1-13-17(12-20-15-9-8-14-11-21-22-18(14)10-15)19(25)24(23(13)2)16-6-4-3-5-7-16;3-2(4,5)1(6)7/h3-7,11,15,20H,8-10,12H2,1-2H3,(H,21,22);(H,6,7). The molecule has 0 bridgehead atoms. The minimum absolute atomic E-state index is 0.0525. The summed E-state index contributed by atoms with van der Waals surface area (Å²) in [5.41, 5.74) is 5.32. The molecule has 172 valence electrons. The topological polar surface area (TPSA) is 105 Å². The zero-order chi connectivity index (χ0) is 23.5. The van der Waals surface area contributed by atoms with E-state index in [9.17, 15) is 18.0 Å². The molecule has 0 fully saturated rings. The van der Waals surface area contributed by atoms with E-state index in [4.69, 9.17) is 9.90 Å². The zero-order valence-electron chi connectivity index (χ0n) is 17.6. The molecule has 1 aromatic carbocycles. The number of hydrogen-bond donors (Lipinski definition) is 3. The number of para-hydroxylation sites is 1. The summed E-state index contributed by atoms with van der Waals surface area (Å²) in [5, 5.41) is 17.9. The van der Waals surface area contributed by atoms with Crippen LogP contribution in [0.3, 0.4) is 0 Å². The van der Waals surface area contributed by atoms with Gasteiger partial charge in [0, 0.05) is 37.4 Å². The highest BCUT2D eigenvalue weighted by molar-refractivity contribution is 5.73. The minimum atomic E-state index is -5.08. The third kappa shape index (κ3) is 5.10. The van der Waals surface area contributed by atoms with Gasteiger partial charge in [-0.1, -0.05) is 18.2 Å². The fraction of sp³-hybridized carbons (Fsp3) is 0.381. The first kappa shape index (κ1) is 23.3. The molecule has 0 saturated carbocycles. The molecule has 1 unspecified atom stereocenters. The Hall–Kier alpha value is -3.34. The van der Waals surface area contributed by atoms with Crippen molar-refractivity contribution in [1.29, 1.82) is 0 Å². The van der Waals surface area contributed by atoms with Crippen molar-refractivity contribution in [3.05, 3.63) is 69.4 Å². The van der Waals surface area contributed by atoms with Crippen LogP contribution in [0.25, 0.3) is 5.69 Å². The lowest BCUT2D eigenvalue weighted by molar-refractivity contribution is -0.192. The van der Waals surface area contributed by atoms with Gasteiger partial charge in [0.15, 0.2) is 0 Å². The number of aryl methyl sites for hydroxylation is 1. The highest BCUT2D eigenvalue weighted by atomic mass is 19.4. The van der Waals surface area contributed by atoms with Crippen molar-refractivity contribution < 1.29 is 23.1 Å². The number of carboxylic acid groups (broad SMARTS) is 1. The lowest BCUT2D eigenvalue weighted by atomic mass is 9.93. The molecule has 2 heterocycles. The second-order valence-corrected chi connectivity index (χ2v) is 7.54. The molecule has 32 heavy (non-hydrogen) atoms. The number of alkyl halides is 3. The van der Waals surface area contributed by atoms with Gasteiger partial charge < -0.3 is 10.4 Å². The molecule has 0 saturated heterocycles. The van der Waals surface area contributed by atoms with Crippen LogP contribution in [-0.4, -0.2) is 42.9 Å². The molecule has 11 heteroatoms. The van der Waals surface area contributed by atoms with Gasteiger partial charge >= 0.3 is 12.1 Å². The second kappa shape index (κ2) is 9.43. The molecule has 3 N–H and O–H groups in total. The van der Waals surface area contributed by atoms with Gasteiger partial charge in [-0.2, -0.15) is 18.3 Å². The fourth-order valence-corrected chi connectivity index (χ4v) is 3.66. The Labute approximate surface area is 181 Å². The number of carboxylic acids is 1. The maximum atomic E-state index is 12.9. The van der Waals surface area contributed by atoms with Crippen molar-refractivity contribution in [1.82, 2.24) is 24.9 Å². The number of hydrogen-bond acceptors (Lipinski definition) is 4. The van der Waals surface area contributed by atoms with E-state index in [2.05, 4.69) is 15.5 Å². The molecule has 2 aromatic heterocycles. The van der Waals surface area contributed by atoms with Gasteiger partial charge in [0.1, 0.15) is 0 Å². The second-order valence-electron chi connectivity index (χ2n) is 7.54. The molecule has 0 amide bonds. The number of fused-ring (bicyclic) bond motifs is 1. The van der Waals surface area contributed by atoms with Crippen LogP contribution in [0.2, 0.25) is 0 Å². The summed E-state index contributed by atoms with van der Waals surface area (Å²) >= 11 is 0. The largest absolute Gasteiger partial charge is 0.490 e. The first-order chi connectivity index (χ1) is 15.1. The maximum Gasteiger partial charge on any atom is 0.490 e. The van der Waals surface area contributed by atoms with Crippen LogP contribution in [-0.2, 0) is 31.2 Å².